The van der Waals surface area contributed by atoms with Crippen LogP contribution in [0.3, 0.4) is 0 Å². The van der Waals surface area contributed by atoms with Crippen LogP contribution in [0.4, 0.5) is 0 Å². The van der Waals surface area contributed by atoms with Crippen LogP contribution in [0, 0.1) is 0 Å². The van der Waals surface area contributed by atoms with E-state index in [1.165, 1.54) is 0 Å². The molecule has 0 radical (unpaired) electrons. The fraction of sp³-hybridized carbons (Fsp3) is 0. The molecule has 0 heterocycles. The fourth-order valence-corrected chi connectivity index (χ4v) is 5.65. The van der Waals surface area contributed by atoms with Crippen LogP contribution in [0.15, 0.2) is 121 Å². The van der Waals surface area contributed by atoms with Gasteiger partial charge in [0.1, 0.15) is 0 Å². The van der Waals surface area contributed by atoms with Gasteiger partial charge in [0, 0.05) is 21.2 Å². The molecule has 4 aromatic carbocycles. The maximum Gasteiger partial charge on any atom is 2.00 e. The van der Waals surface area contributed by atoms with E-state index >= 15 is 0 Å². The second-order valence-electron chi connectivity index (χ2n) is 6.45. The van der Waals surface area contributed by atoms with Gasteiger partial charge < -0.3 is 18.9 Å². The Kier molecular flexibility index (Phi) is 9.93. The van der Waals surface area contributed by atoms with Gasteiger partial charge in [-0.2, -0.15) is 0 Å². The molecule has 0 aliphatic heterocycles. The molecule has 4 aromatic rings. The minimum atomic E-state index is -3.65. The van der Waals surface area contributed by atoms with Crippen LogP contribution in [0.1, 0.15) is 0 Å². The van der Waals surface area contributed by atoms with Gasteiger partial charge in [-0.15, -0.1) is 0 Å². The smallest absolute Gasteiger partial charge is 0.793 e. The largest absolute Gasteiger partial charge is 2.00 e. The van der Waals surface area contributed by atoms with Crippen molar-refractivity contribution < 1.29 is 18.9 Å². The molecular weight excluding hydrogens is 454 g/mol. The van der Waals surface area contributed by atoms with Crippen LogP contribution in [0.25, 0.3) is 0 Å². The van der Waals surface area contributed by atoms with E-state index in [1.54, 1.807) is 121 Å². The van der Waals surface area contributed by atoms with E-state index in [-0.39, 0.29) is 37.7 Å². The molecule has 0 spiro atoms. The molecule has 0 N–H and O–H groups in total. The third kappa shape index (κ3) is 6.75. The molecule has 0 saturated heterocycles. The van der Waals surface area contributed by atoms with Crippen LogP contribution in [0.2, 0.25) is 0 Å². The first-order valence-electron chi connectivity index (χ1n) is 9.27. The molecule has 0 saturated carbocycles. The molecule has 0 atom stereocenters. The molecular formula is C24H20CaO4P2. The van der Waals surface area contributed by atoms with E-state index in [4.69, 9.17) is 0 Å². The van der Waals surface area contributed by atoms with Crippen molar-refractivity contribution in [3.63, 3.8) is 0 Å². The van der Waals surface area contributed by atoms with E-state index in [0.29, 0.717) is 21.2 Å². The molecule has 31 heavy (non-hydrogen) atoms. The predicted octanol–water partition coefficient (Wildman–Crippen LogP) is 2.17. The number of benzene rings is 4. The molecule has 7 heteroatoms. The van der Waals surface area contributed by atoms with E-state index in [9.17, 15) is 18.9 Å². The molecule has 0 aliphatic carbocycles. The molecule has 0 aliphatic rings. The van der Waals surface area contributed by atoms with Crippen molar-refractivity contribution in [2.75, 3.05) is 0 Å². The maximum absolute atomic E-state index is 12.1. The summed E-state index contributed by atoms with van der Waals surface area (Å²) in [6, 6.07) is 33.9. The number of rotatable bonds is 4. The summed E-state index contributed by atoms with van der Waals surface area (Å²) in [4.78, 5) is 24.1. The Labute approximate surface area is 212 Å². The van der Waals surface area contributed by atoms with Crippen LogP contribution in [-0.4, -0.2) is 37.7 Å². The van der Waals surface area contributed by atoms with Crippen molar-refractivity contribution in [3.8, 4) is 0 Å². The summed E-state index contributed by atoms with van der Waals surface area (Å²) < 4.78 is 24.1. The maximum atomic E-state index is 12.1. The van der Waals surface area contributed by atoms with Gasteiger partial charge in [-0.1, -0.05) is 121 Å². The minimum absolute atomic E-state index is 0. The van der Waals surface area contributed by atoms with Crippen molar-refractivity contribution in [3.05, 3.63) is 121 Å². The first-order chi connectivity index (χ1) is 14.4. The van der Waals surface area contributed by atoms with Crippen LogP contribution in [0.5, 0.6) is 0 Å². The summed E-state index contributed by atoms with van der Waals surface area (Å²) >= 11 is 0. The quantitative estimate of drug-likeness (QED) is 0.336. The van der Waals surface area contributed by atoms with Crippen molar-refractivity contribution in [2.45, 2.75) is 0 Å². The second-order valence-corrected chi connectivity index (χ2v) is 10.7. The Morgan fingerprint density at radius 1 is 0.387 bits per heavy atom. The molecule has 152 valence electrons. The Hall–Kier alpha value is -1.48. The first kappa shape index (κ1) is 25.8. The number of hydrogen-bond donors (Lipinski definition) is 0. The summed E-state index contributed by atoms with van der Waals surface area (Å²) in [6.07, 6.45) is 0. The third-order valence-electron chi connectivity index (χ3n) is 4.38. The zero-order chi connectivity index (χ0) is 21.5. The van der Waals surface area contributed by atoms with Crippen molar-refractivity contribution >= 4 is 73.7 Å². The molecule has 0 aromatic heterocycles. The molecule has 4 nitrogen and oxygen atoms in total. The SMILES string of the molecule is O=P([O-])(c1ccccc1)c1ccccc1.O=P([O-])(c1ccccc1)c1ccccc1.[Ca+2]. The van der Waals surface area contributed by atoms with Gasteiger partial charge in [0.15, 0.2) is 0 Å². The van der Waals surface area contributed by atoms with Gasteiger partial charge in [-0.25, -0.2) is 0 Å². The predicted molar refractivity (Wildman–Crippen MR) is 125 cm³/mol. The summed E-state index contributed by atoms with van der Waals surface area (Å²) in [5.41, 5.74) is 0. The number of hydrogen-bond acceptors (Lipinski definition) is 4. The first-order valence-corrected chi connectivity index (χ1v) is 12.5. The van der Waals surface area contributed by atoms with Gasteiger partial charge in [0.05, 0.1) is 14.7 Å². The Bertz CT molecular complexity index is 973. The average Bonchev–Trinajstić information content (AvgIpc) is 2.82. The Balaban J connectivity index is 0.000000213. The van der Waals surface area contributed by atoms with Gasteiger partial charge in [0.2, 0.25) is 0 Å². The van der Waals surface area contributed by atoms with Gasteiger partial charge in [0.25, 0.3) is 0 Å². The van der Waals surface area contributed by atoms with E-state index < -0.39 is 14.7 Å². The Morgan fingerprint density at radius 2 is 0.548 bits per heavy atom. The summed E-state index contributed by atoms with van der Waals surface area (Å²) in [5, 5.41) is 1.43. The average molecular weight is 474 g/mol. The monoisotopic (exact) mass is 474 g/mol. The van der Waals surface area contributed by atoms with Crippen molar-refractivity contribution in [1.82, 2.24) is 0 Å². The summed E-state index contributed by atoms with van der Waals surface area (Å²) in [6.45, 7) is 0. The second kappa shape index (κ2) is 11.9. The van der Waals surface area contributed by atoms with Crippen molar-refractivity contribution in [2.24, 2.45) is 0 Å². The standard InChI is InChI=1S/2C12H11O2P.Ca/c2*13-15(14,11-7-3-1-4-8-11)12-9-5-2-6-10-12;/h2*1-10H,(H,13,14);/q;;+2/p-2. The molecule has 0 unspecified atom stereocenters. The van der Waals surface area contributed by atoms with E-state index in [0.717, 1.165) is 0 Å². The minimum Gasteiger partial charge on any atom is -0.793 e. The van der Waals surface area contributed by atoms with Crippen LogP contribution in [-0.2, 0) is 9.13 Å². The normalized spacial score (nSPS) is 10.9. The third-order valence-corrected chi connectivity index (χ3v) is 8.30. The van der Waals surface area contributed by atoms with Gasteiger partial charge >= 0.3 is 37.7 Å². The van der Waals surface area contributed by atoms with E-state index in [1.807, 2.05) is 0 Å². The zero-order valence-corrected chi connectivity index (χ0v) is 20.8. The molecule has 0 fully saturated rings. The van der Waals surface area contributed by atoms with Crippen LogP contribution < -0.4 is 31.0 Å². The van der Waals surface area contributed by atoms with Gasteiger partial charge in [-0.05, 0) is 0 Å². The van der Waals surface area contributed by atoms with Crippen molar-refractivity contribution in [1.29, 1.82) is 0 Å². The summed E-state index contributed by atoms with van der Waals surface area (Å²) in [5.74, 6) is 0. The molecule has 4 rings (SSSR count). The Morgan fingerprint density at radius 3 is 0.710 bits per heavy atom. The van der Waals surface area contributed by atoms with Crippen LogP contribution >= 0.6 is 14.7 Å². The molecule has 0 amide bonds. The molecule has 0 bridgehead atoms. The van der Waals surface area contributed by atoms with Gasteiger partial charge in [-0.3, -0.25) is 0 Å². The zero-order valence-electron chi connectivity index (χ0n) is 16.8. The van der Waals surface area contributed by atoms with E-state index in [2.05, 4.69) is 0 Å². The fourth-order valence-electron chi connectivity index (χ4n) is 2.80. The summed E-state index contributed by atoms with van der Waals surface area (Å²) in [7, 11) is -7.29. The topological polar surface area (TPSA) is 80.3 Å².